The van der Waals surface area contributed by atoms with Crippen molar-refractivity contribution >= 4 is 17.5 Å². The van der Waals surface area contributed by atoms with Crippen molar-refractivity contribution in [2.45, 2.75) is 6.54 Å². The fourth-order valence-corrected chi connectivity index (χ4v) is 3.45. The Bertz CT molecular complexity index is 801. The summed E-state index contributed by atoms with van der Waals surface area (Å²) < 4.78 is 23.9. The lowest BCUT2D eigenvalue weighted by atomic mass is 10.1. The number of carbonyl (C=O) groups excluding carboxylic acids is 1. The molecule has 1 amide bonds. The molecule has 0 spiro atoms. The van der Waals surface area contributed by atoms with E-state index in [4.69, 9.17) is 21.1 Å². The topological polar surface area (TPSA) is 42.0 Å². The van der Waals surface area contributed by atoms with Gasteiger partial charge in [0.1, 0.15) is 22.9 Å². The van der Waals surface area contributed by atoms with Crippen LogP contribution in [0.25, 0.3) is 0 Å². The summed E-state index contributed by atoms with van der Waals surface area (Å²) >= 11 is 6.12. The molecule has 0 saturated carbocycles. The molecule has 0 aliphatic carbocycles. The maximum Gasteiger partial charge on any atom is 0.261 e. The van der Waals surface area contributed by atoms with Crippen LogP contribution >= 0.6 is 11.6 Å². The number of hydrogen-bond acceptors (Lipinski definition) is 4. The van der Waals surface area contributed by atoms with Crippen LogP contribution in [0.5, 0.6) is 11.5 Å². The van der Waals surface area contributed by atoms with Gasteiger partial charge < -0.3 is 14.4 Å². The molecule has 1 fully saturated rings. The van der Waals surface area contributed by atoms with Crippen molar-refractivity contribution in [3.8, 4) is 11.5 Å². The van der Waals surface area contributed by atoms with Gasteiger partial charge in [-0.1, -0.05) is 23.7 Å². The van der Waals surface area contributed by atoms with Crippen LogP contribution in [0, 0.1) is 5.82 Å². The summed E-state index contributed by atoms with van der Waals surface area (Å²) in [5.74, 6) is 0.549. The van der Waals surface area contributed by atoms with E-state index in [1.165, 1.54) is 26.4 Å². The van der Waals surface area contributed by atoms with Crippen LogP contribution in [0.3, 0.4) is 0 Å². The second-order valence-electron chi connectivity index (χ2n) is 6.34. The van der Waals surface area contributed by atoms with Crippen LogP contribution in [0.2, 0.25) is 5.02 Å². The summed E-state index contributed by atoms with van der Waals surface area (Å²) in [6, 6.07) is 9.73. The van der Waals surface area contributed by atoms with Gasteiger partial charge in [-0.05, 0) is 29.8 Å². The van der Waals surface area contributed by atoms with Crippen LogP contribution in [-0.2, 0) is 6.54 Å². The van der Waals surface area contributed by atoms with E-state index in [-0.39, 0.29) is 11.7 Å². The molecule has 0 unspecified atom stereocenters. The standard InChI is InChI=1S/C20H22ClFN2O3/c1-26-17-4-3-5-18(27-2)19(17)20(25)24-10-8-23(9-11-24)13-14-6-7-15(22)12-16(14)21/h3-7,12H,8-11,13H2,1-2H3. The minimum absolute atomic E-state index is 0.108. The predicted molar refractivity (Wildman–Crippen MR) is 102 cm³/mol. The maximum atomic E-state index is 13.2. The average molecular weight is 393 g/mol. The molecule has 0 atom stereocenters. The molecule has 1 aliphatic heterocycles. The molecule has 0 N–H and O–H groups in total. The van der Waals surface area contributed by atoms with Gasteiger partial charge in [0.25, 0.3) is 5.91 Å². The number of halogens is 2. The van der Waals surface area contributed by atoms with Gasteiger partial charge in [-0.25, -0.2) is 4.39 Å². The zero-order valence-electron chi connectivity index (χ0n) is 15.4. The zero-order chi connectivity index (χ0) is 19.4. The minimum atomic E-state index is -0.343. The molecule has 27 heavy (non-hydrogen) atoms. The first-order valence-corrected chi connectivity index (χ1v) is 9.08. The zero-order valence-corrected chi connectivity index (χ0v) is 16.1. The average Bonchev–Trinajstić information content (AvgIpc) is 2.69. The Morgan fingerprint density at radius 1 is 1.07 bits per heavy atom. The molecule has 3 rings (SSSR count). The summed E-state index contributed by atoms with van der Waals surface area (Å²) in [4.78, 5) is 17.0. The molecule has 2 aromatic carbocycles. The van der Waals surface area contributed by atoms with Crippen molar-refractivity contribution < 1.29 is 18.7 Å². The van der Waals surface area contributed by atoms with Crippen molar-refractivity contribution in [3.05, 3.63) is 58.4 Å². The summed E-state index contributed by atoms with van der Waals surface area (Å²) in [7, 11) is 3.08. The van der Waals surface area contributed by atoms with Gasteiger partial charge in [0.15, 0.2) is 0 Å². The van der Waals surface area contributed by atoms with Gasteiger partial charge in [0.05, 0.1) is 14.2 Å². The Labute approximate surface area is 163 Å². The highest BCUT2D eigenvalue weighted by atomic mass is 35.5. The summed E-state index contributed by atoms with van der Waals surface area (Å²) in [6.07, 6.45) is 0. The first-order chi connectivity index (χ1) is 13.0. The van der Waals surface area contributed by atoms with Crippen molar-refractivity contribution in [3.63, 3.8) is 0 Å². The highest BCUT2D eigenvalue weighted by Gasteiger charge is 2.27. The Morgan fingerprint density at radius 3 is 2.26 bits per heavy atom. The second kappa shape index (κ2) is 8.59. The number of ether oxygens (including phenoxy) is 2. The van der Waals surface area contributed by atoms with Crippen LogP contribution < -0.4 is 9.47 Å². The molecule has 1 saturated heterocycles. The largest absolute Gasteiger partial charge is 0.496 e. The van der Waals surface area contributed by atoms with E-state index in [0.717, 1.165) is 5.56 Å². The Hall–Kier alpha value is -2.31. The Kier molecular flexibility index (Phi) is 6.19. The summed E-state index contributed by atoms with van der Waals surface area (Å²) in [5.41, 5.74) is 1.32. The normalized spacial score (nSPS) is 14.9. The number of amides is 1. The van der Waals surface area contributed by atoms with Crippen LogP contribution in [0.4, 0.5) is 4.39 Å². The third kappa shape index (κ3) is 4.34. The van der Waals surface area contributed by atoms with E-state index < -0.39 is 0 Å². The van der Waals surface area contributed by atoms with Crippen molar-refractivity contribution in [2.75, 3.05) is 40.4 Å². The SMILES string of the molecule is COc1cccc(OC)c1C(=O)N1CCN(Cc2ccc(F)cc2Cl)CC1. The first-order valence-electron chi connectivity index (χ1n) is 8.70. The van der Waals surface area contributed by atoms with Crippen LogP contribution in [-0.4, -0.2) is 56.1 Å². The molecule has 7 heteroatoms. The Morgan fingerprint density at radius 2 is 1.70 bits per heavy atom. The number of methoxy groups -OCH3 is 2. The number of carbonyl (C=O) groups is 1. The smallest absolute Gasteiger partial charge is 0.261 e. The lowest BCUT2D eigenvalue weighted by Crippen LogP contribution is -2.48. The number of rotatable bonds is 5. The van der Waals surface area contributed by atoms with Gasteiger partial charge in [-0.3, -0.25) is 9.69 Å². The van der Waals surface area contributed by atoms with Crippen molar-refractivity contribution in [1.29, 1.82) is 0 Å². The van der Waals surface area contributed by atoms with Gasteiger partial charge in [-0.15, -0.1) is 0 Å². The van der Waals surface area contributed by atoms with Crippen LogP contribution in [0.15, 0.2) is 36.4 Å². The number of nitrogens with zero attached hydrogens (tertiary/aromatic N) is 2. The quantitative estimate of drug-likeness (QED) is 0.781. The van der Waals surface area contributed by atoms with Crippen LogP contribution in [0.1, 0.15) is 15.9 Å². The van der Waals surface area contributed by atoms with E-state index in [2.05, 4.69) is 4.90 Å². The fourth-order valence-electron chi connectivity index (χ4n) is 3.22. The van der Waals surface area contributed by atoms with E-state index >= 15 is 0 Å². The van der Waals surface area contributed by atoms with Crippen molar-refractivity contribution in [2.24, 2.45) is 0 Å². The number of hydrogen-bond donors (Lipinski definition) is 0. The number of piperazine rings is 1. The van der Waals surface area contributed by atoms with Gasteiger partial charge in [-0.2, -0.15) is 0 Å². The monoisotopic (exact) mass is 392 g/mol. The van der Waals surface area contributed by atoms with E-state index in [1.54, 1.807) is 29.2 Å². The summed E-state index contributed by atoms with van der Waals surface area (Å²) in [6.45, 7) is 3.20. The molecule has 5 nitrogen and oxygen atoms in total. The van der Waals surface area contributed by atoms with Gasteiger partial charge in [0.2, 0.25) is 0 Å². The molecular weight excluding hydrogens is 371 g/mol. The number of benzene rings is 2. The lowest BCUT2D eigenvalue weighted by Gasteiger charge is -2.35. The maximum absolute atomic E-state index is 13.2. The molecule has 0 bridgehead atoms. The van der Waals surface area contributed by atoms with E-state index in [1.807, 2.05) is 0 Å². The summed E-state index contributed by atoms with van der Waals surface area (Å²) in [5, 5.41) is 0.423. The second-order valence-corrected chi connectivity index (χ2v) is 6.75. The van der Waals surface area contributed by atoms with Gasteiger partial charge >= 0.3 is 0 Å². The predicted octanol–water partition coefficient (Wildman–Crippen LogP) is 3.45. The molecular formula is C20H22ClFN2O3. The molecule has 0 radical (unpaired) electrons. The molecule has 144 valence electrons. The third-order valence-corrected chi connectivity index (χ3v) is 5.06. The molecule has 0 aromatic heterocycles. The van der Waals surface area contributed by atoms with E-state index in [0.29, 0.717) is 54.8 Å². The first kappa shape index (κ1) is 19.5. The van der Waals surface area contributed by atoms with E-state index in [9.17, 15) is 9.18 Å². The molecule has 2 aromatic rings. The molecule has 1 aliphatic rings. The van der Waals surface area contributed by atoms with Crippen molar-refractivity contribution in [1.82, 2.24) is 9.80 Å². The molecule has 1 heterocycles. The minimum Gasteiger partial charge on any atom is -0.496 e. The highest BCUT2D eigenvalue weighted by Crippen LogP contribution is 2.30. The lowest BCUT2D eigenvalue weighted by molar-refractivity contribution is 0.0622. The highest BCUT2D eigenvalue weighted by molar-refractivity contribution is 6.31. The van der Waals surface area contributed by atoms with Gasteiger partial charge in [0, 0.05) is 37.7 Å². The fraction of sp³-hybridized carbons (Fsp3) is 0.350. The third-order valence-electron chi connectivity index (χ3n) is 4.71. The Balaban J connectivity index is 1.66.